The minimum absolute atomic E-state index is 0.0743. The third-order valence-corrected chi connectivity index (χ3v) is 2.81. The number of nitrogens with two attached hydrogens (primary N) is 1. The van der Waals surface area contributed by atoms with Crippen molar-refractivity contribution >= 4 is 22.8 Å². The fourth-order valence-electron chi connectivity index (χ4n) is 1.79. The molecule has 0 spiro atoms. The normalized spacial score (nSPS) is 10.5. The van der Waals surface area contributed by atoms with E-state index in [0.29, 0.717) is 0 Å². The van der Waals surface area contributed by atoms with Crippen molar-refractivity contribution in [1.29, 1.82) is 0 Å². The molecule has 7 heteroatoms. The zero-order valence-electron chi connectivity index (χ0n) is 10.8. The predicted octanol–water partition coefficient (Wildman–Crippen LogP) is 3.77. The molecule has 0 aliphatic carbocycles. The molecule has 2 aromatic rings. The molecule has 0 aliphatic heterocycles. The summed E-state index contributed by atoms with van der Waals surface area (Å²) < 4.78 is 53.2. The molecule has 110 valence electrons. The summed E-state index contributed by atoms with van der Waals surface area (Å²) in [7, 11) is 0. The highest BCUT2D eigenvalue weighted by Gasteiger charge is 2.19. The molecule has 0 heterocycles. The van der Waals surface area contributed by atoms with Crippen LogP contribution in [0.2, 0.25) is 0 Å². The van der Waals surface area contributed by atoms with E-state index in [1.54, 1.807) is 0 Å². The van der Waals surface area contributed by atoms with Crippen LogP contribution < -0.4 is 11.1 Å². The summed E-state index contributed by atoms with van der Waals surface area (Å²) in [5, 5.41) is 2.21. The third kappa shape index (κ3) is 2.81. The van der Waals surface area contributed by atoms with E-state index in [1.807, 2.05) is 0 Å². The van der Waals surface area contributed by atoms with Gasteiger partial charge in [0.05, 0.1) is 0 Å². The van der Waals surface area contributed by atoms with Crippen molar-refractivity contribution in [2.24, 2.45) is 0 Å². The quantitative estimate of drug-likeness (QED) is 0.392. The molecule has 0 fully saturated rings. The molecule has 0 saturated heterocycles. The SMILES string of the molecule is CC(=O)c1ccc(Nc2c(F)c(F)cc(F)c2F)cc1N. The monoisotopic (exact) mass is 298 g/mol. The van der Waals surface area contributed by atoms with Gasteiger partial charge in [-0.15, -0.1) is 0 Å². The number of hydrogen-bond acceptors (Lipinski definition) is 3. The van der Waals surface area contributed by atoms with Crippen LogP contribution in [0.3, 0.4) is 0 Å². The van der Waals surface area contributed by atoms with E-state index < -0.39 is 29.0 Å². The van der Waals surface area contributed by atoms with E-state index in [2.05, 4.69) is 5.32 Å². The summed E-state index contributed by atoms with van der Waals surface area (Å²) in [6.45, 7) is 1.31. The van der Waals surface area contributed by atoms with Gasteiger partial charge in [-0.1, -0.05) is 0 Å². The Labute approximate surface area is 117 Å². The van der Waals surface area contributed by atoms with Crippen LogP contribution in [0.1, 0.15) is 17.3 Å². The lowest BCUT2D eigenvalue weighted by Crippen LogP contribution is -2.05. The maximum Gasteiger partial charge on any atom is 0.185 e. The van der Waals surface area contributed by atoms with E-state index in [4.69, 9.17) is 5.73 Å². The van der Waals surface area contributed by atoms with Crippen molar-refractivity contribution in [3.05, 3.63) is 53.1 Å². The number of carbonyl (C=O) groups is 1. The molecule has 0 aliphatic rings. The molecule has 0 unspecified atom stereocenters. The number of hydrogen-bond donors (Lipinski definition) is 2. The van der Waals surface area contributed by atoms with Gasteiger partial charge in [0.25, 0.3) is 0 Å². The van der Waals surface area contributed by atoms with Crippen LogP contribution in [0.15, 0.2) is 24.3 Å². The Bertz CT molecular complexity index is 705. The topological polar surface area (TPSA) is 55.1 Å². The van der Waals surface area contributed by atoms with Gasteiger partial charge < -0.3 is 11.1 Å². The smallest absolute Gasteiger partial charge is 0.185 e. The van der Waals surface area contributed by atoms with Crippen molar-refractivity contribution in [3.8, 4) is 0 Å². The molecule has 0 radical (unpaired) electrons. The first-order valence-corrected chi connectivity index (χ1v) is 5.81. The van der Waals surface area contributed by atoms with Crippen LogP contribution in [0.25, 0.3) is 0 Å². The maximum absolute atomic E-state index is 13.5. The van der Waals surface area contributed by atoms with Crippen molar-refractivity contribution in [3.63, 3.8) is 0 Å². The molecule has 3 nitrogen and oxygen atoms in total. The highest BCUT2D eigenvalue weighted by Crippen LogP contribution is 2.28. The van der Waals surface area contributed by atoms with Crippen LogP contribution in [-0.4, -0.2) is 5.78 Å². The molecule has 2 aromatic carbocycles. The molecule has 2 rings (SSSR count). The number of ketones is 1. The Balaban J connectivity index is 2.44. The molecule has 0 saturated carbocycles. The number of benzene rings is 2. The lowest BCUT2D eigenvalue weighted by Gasteiger charge is -2.11. The largest absolute Gasteiger partial charge is 0.398 e. The fourth-order valence-corrected chi connectivity index (χ4v) is 1.79. The third-order valence-electron chi connectivity index (χ3n) is 2.81. The Morgan fingerprint density at radius 1 is 1.05 bits per heavy atom. The average Bonchev–Trinajstić information content (AvgIpc) is 2.41. The zero-order chi connectivity index (χ0) is 15.7. The van der Waals surface area contributed by atoms with Crippen LogP contribution in [0, 0.1) is 23.3 Å². The minimum atomic E-state index is -1.55. The maximum atomic E-state index is 13.5. The van der Waals surface area contributed by atoms with Gasteiger partial charge in [-0.3, -0.25) is 4.79 Å². The number of nitrogens with one attached hydrogen (secondary N) is 1. The van der Waals surface area contributed by atoms with Crippen LogP contribution >= 0.6 is 0 Å². The van der Waals surface area contributed by atoms with Crippen molar-refractivity contribution < 1.29 is 22.4 Å². The summed E-state index contributed by atoms with van der Waals surface area (Å²) >= 11 is 0. The number of carbonyl (C=O) groups excluding carboxylic acids is 1. The van der Waals surface area contributed by atoms with E-state index >= 15 is 0 Å². The predicted molar refractivity (Wildman–Crippen MR) is 70.4 cm³/mol. The number of Topliss-reactive ketones (excluding diaryl/α,β-unsaturated/α-hetero) is 1. The van der Waals surface area contributed by atoms with Crippen LogP contribution in [0.5, 0.6) is 0 Å². The molecular formula is C14H10F4N2O. The summed E-state index contributed by atoms with van der Waals surface area (Å²) in [5.74, 6) is -6.44. The van der Waals surface area contributed by atoms with Gasteiger partial charge in [-0.2, -0.15) is 0 Å². The van der Waals surface area contributed by atoms with Crippen molar-refractivity contribution in [2.45, 2.75) is 6.92 Å². The van der Waals surface area contributed by atoms with E-state index in [-0.39, 0.29) is 28.8 Å². The zero-order valence-corrected chi connectivity index (χ0v) is 10.8. The second kappa shape index (κ2) is 5.43. The molecule has 21 heavy (non-hydrogen) atoms. The van der Waals surface area contributed by atoms with Gasteiger partial charge in [0.2, 0.25) is 0 Å². The average molecular weight is 298 g/mol. The van der Waals surface area contributed by atoms with Gasteiger partial charge in [-0.25, -0.2) is 17.6 Å². The van der Waals surface area contributed by atoms with Gasteiger partial charge in [0.15, 0.2) is 29.1 Å². The van der Waals surface area contributed by atoms with E-state index in [1.165, 1.54) is 25.1 Å². The molecule has 0 bridgehead atoms. The highest BCUT2D eigenvalue weighted by atomic mass is 19.2. The summed E-state index contributed by atoms with van der Waals surface area (Å²) in [6.07, 6.45) is 0. The molecule has 0 atom stereocenters. The Kier molecular flexibility index (Phi) is 3.84. The minimum Gasteiger partial charge on any atom is -0.398 e. The van der Waals surface area contributed by atoms with E-state index in [0.717, 1.165) is 0 Å². The lowest BCUT2D eigenvalue weighted by molar-refractivity contribution is 0.101. The lowest BCUT2D eigenvalue weighted by atomic mass is 10.1. The second-order valence-electron chi connectivity index (χ2n) is 4.33. The summed E-state index contributed by atoms with van der Waals surface area (Å²) in [6, 6.07) is 4.00. The standard InChI is InChI=1S/C14H10F4N2O/c1-6(21)8-3-2-7(4-11(8)19)20-14-12(17)9(15)5-10(16)13(14)18/h2-5,20H,19H2,1H3. The fraction of sp³-hybridized carbons (Fsp3) is 0.0714. The first-order valence-electron chi connectivity index (χ1n) is 5.81. The first kappa shape index (κ1) is 14.8. The van der Waals surface area contributed by atoms with Crippen LogP contribution in [-0.2, 0) is 0 Å². The van der Waals surface area contributed by atoms with Gasteiger partial charge in [-0.05, 0) is 25.1 Å². The number of halogens is 4. The van der Waals surface area contributed by atoms with Crippen LogP contribution in [0.4, 0.5) is 34.6 Å². The molecular weight excluding hydrogens is 288 g/mol. The Morgan fingerprint density at radius 3 is 2.10 bits per heavy atom. The number of nitrogen functional groups attached to an aromatic ring is 1. The van der Waals surface area contributed by atoms with Gasteiger partial charge in [0, 0.05) is 23.0 Å². The molecule has 0 aromatic heterocycles. The summed E-state index contributed by atoms with van der Waals surface area (Å²) in [5.41, 5.74) is 5.03. The van der Waals surface area contributed by atoms with Crippen molar-refractivity contribution in [1.82, 2.24) is 0 Å². The Hall–Kier alpha value is -2.57. The Morgan fingerprint density at radius 2 is 1.62 bits per heavy atom. The number of rotatable bonds is 3. The first-order chi connectivity index (χ1) is 9.81. The van der Waals surface area contributed by atoms with E-state index in [9.17, 15) is 22.4 Å². The van der Waals surface area contributed by atoms with Crippen molar-refractivity contribution in [2.75, 3.05) is 11.1 Å². The molecule has 0 amide bonds. The molecule has 3 N–H and O–H groups in total. The highest BCUT2D eigenvalue weighted by molar-refractivity contribution is 5.99. The van der Waals surface area contributed by atoms with Gasteiger partial charge in [0.1, 0.15) is 5.69 Å². The summed E-state index contributed by atoms with van der Waals surface area (Å²) in [4.78, 5) is 11.2. The number of anilines is 3. The van der Waals surface area contributed by atoms with Gasteiger partial charge >= 0.3 is 0 Å². The second-order valence-corrected chi connectivity index (χ2v) is 4.33.